The first kappa shape index (κ1) is 33.5. The van der Waals surface area contributed by atoms with Crippen LogP contribution in [0.2, 0.25) is 5.02 Å². The number of anilines is 2. The van der Waals surface area contributed by atoms with Crippen LogP contribution in [-0.2, 0) is 14.4 Å². The number of halogens is 2. The van der Waals surface area contributed by atoms with E-state index in [0.29, 0.717) is 38.9 Å². The van der Waals surface area contributed by atoms with Crippen LogP contribution in [0.5, 0.6) is 0 Å². The summed E-state index contributed by atoms with van der Waals surface area (Å²) < 4.78 is 20.5. The Labute approximate surface area is 300 Å². The van der Waals surface area contributed by atoms with Crippen molar-refractivity contribution in [2.75, 3.05) is 10.2 Å². The summed E-state index contributed by atoms with van der Waals surface area (Å²) in [4.78, 5) is 59.1. The summed E-state index contributed by atoms with van der Waals surface area (Å²) in [5.41, 5.74) is 2.94. The van der Waals surface area contributed by atoms with Gasteiger partial charge in [0.05, 0.1) is 16.0 Å². The molecule has 0 spiro atoms. The van der Waals surface area contributed by atoms with E-state index in [1.807, 2.05) is 24.3 Å². The number of carbonyl (C=O) groups is 4. The molecule has 7 rings (SSSR count). The fourth-order valence-corrected chi connectivity index (χ4v) is 6.70. The highest BCUT2D eigenvalue weighted by molar-refractivity contribution is 8.00. The van der Waals surface area contributed by atoms with Crippen molar-refractivity contribution in [1.82, 2.24) is 10.3 Å². The van der Waals surface area contributed by atoms with Gasteiger partial charge in [0.25, 0.3) is 11.8 Å². The SMILES string of the molecule is O=C(Nc1ccc(SC2CC(=O)N(c3ccc(-c4nc5ccccc5o4)cc3)C2=O)cc1)/C(=C/c1c(F)cccc1Cl)NC(=O)c1ccccc1. The molecule has 2 heterocycles. The first-order valence-electron chi connectivity index (χ1n) is 15.7. The quantitative estimate of drug-likeness (QED) is 0.115. The van der Waals surface area contributed by atoms with Gasteiger partial charge in [-0.3, -0.25) is 19.2 Å². The zero-order chi connectivity index (χ0) is 35.5. The third-order valence-electron chi connectivity index (χ3n) is 7.98. The van der Waals surface area contributed by atoms with Crippen LogP contribution in [0, 0.1) is 5.82 Å². The van der Waals surface area contributed by atoms with Crippen molar-refractivity contribution >= 4 is 75.5 Å². The van der Waals surface area contributed by atoms with Gasteiger partial charge in [-0.05, 0) is 91.0 Å². The maximum absolute atomic E-state index is 14.6. The number of benzene rings is 5. The van der Waals surface area contributed by atoms with Gasteiger partial charge < -0.3 is 15.1 Å². The molecule has 9 nitrogen and oxygen atoms in total. The zero-order valence-corrected chi connectivity index (χ0v) is 28.1. The van der Waals surface area contributed by atoms with E-state index in [-0.39, 0.29) is 34.5 Å². The van der Waals surface area contributed by atoms with Gasteiger partial charge in [0, 0.05) is 33.7 Å². The Morgan fingerprint density at radius 3 is 2.33 bits per heavy atom. The van der Waals surface area contributed by atoms with Crippen LogP contribution >= 0.6 is 23.4 Å². The Balaban J connectivity index is 1.02. The molecule has 1 fully saturated rings. The van der Waals surface area contributed by atoms with E-state index < -0.39 is 22.9 Å². The minimum absolute atomic E-state index is 0.0166. The van der Waals surface area contributed by atoms with Gasteiger partial charge in [-0.1, -0.05) is 48.0 Å². The number of amides is 4. The highest BCUT2D eigenvalue weighted by Crippen LogP contribution is 2.35. The number of rotatable bonds is 9. The summed E-state index contributed by atoms with van der Waals surface area (Å²) in [6.45, 7) is 0. The topological polar surface area (TPSA) is 122 Å². The summed E-state index contributed by atoms with van der Waals surface area (Å²) in [6.07, 6.45) is 1.19. The maximum atomic E-state index is 14.6. The first-order chi connectivity index (χ1) is 24.7. The number of oxazole rings is 1. The molecule has 0 radical (unpaired) electrons. The molecule has 12 heteroatoms. The molecule has 5 aromatic carbocycles. The number of fused-ring (bicyclic) bond motifs is 1. The van der Waals surface area contributed by atoms with E-state index in [2.05, 4.69) is 15.6 Å². The van der Waals surface area contributed by atoms with Crippen LogP contribution in [0.15, 0.2) is 136 Å². The van der Waals surface area contributed by atoms with Crippen molar-refractivity contribution in [2.45, 2.75) is 16.6 Å². The summed E-state index contributed by atoms with van der Waals surface area (Å²) >= 11 is 7.43. The van der Waals surface area contributed by atoms with E-state index >= 15 is 0 Å². The summed E-state index contributed by atoms with van der Waals surface area (Å²) in [5, 5.41) is 4.68. The number of carbonyl (C=O) groups excluding carboxylic acids is 4. The number of para-hydroxylation sites is 2. The van der Waals surface area contributed by atoms with E-state index in [4.69, 9.17) is 16.0 Å². The molecular weight excluding hydrogens is 691 g/mol. The molecule has 1 atom stereocenters. The zero-order valence-electron chi connectivity index (χ0n) is 26.5. The predicted molar refractivity (Wildman–Crippen MR) is 195 cm³/mol. The first-order valence-corrected chi connectivity index (χ1v) is 16.9. The Morgan fingerprint density at radius 1 is 0.882 bits per heavy atom. The Kier molecular flexibility index (Phi) is 9.47. The molecule has 0 bridgehead atoms. The van der Waals surface area contributed by atoms with Crippen molar-refractivity contribution in [3.8, 4) is 11.5 Å². The third kappa shape index (κ3) is 7.30. The Bertz CT molecular complexity index is 2280. The molecule has 2 N–H and O–H groups in total. The number of nitrogens with one attached hydrogen (secondary N) is 2. The van der Waals surface area contributed by atoms with Crippen molar-refractivity contribution in [2.24, 2.45) is 0 Å². The summed E-state index contributed by atoms with van der Waals surface area (Å²) in [7, 11) is 0. The molecule has 1 aliphatic heterocycles. The molecule has 0 aliphatic carbocycles. The van der Waals surface area contributed by atoms with Crippen LogP contribution in [0.4, 0.5) is 15.8 Å². The van der Waals surface area contributed by atoms with Crippen LogP contribution in [-0.4, -0.2) is 33.9 Å². The molecule has 0 saturated carbocycles. The van der Waals surface area contributed by atoms with Crippen molar-refractivity contribution < 1.29 is 28.0 Å². The van der Waals surface area contributed by atoms with E-state index in [0.717, 1.165) is 5.52 Å². The molecular formula is C39H26ClFN4O5S. The highest BCUT2D eigenvalue weighted by atomic mass is 35.5. The lowest BCUT2D eigenvalue weighted by atomic mass is 10.1. The van der Waals surface area contributed by atoms with Gasteiger partial charge in [0.15, 0.2) is 5.58 Å². The second-order valence-electron chi connectivity index (χ2n) is 11.4. The largest absolute Gasteiger partial charge is 0.436 e. The summed E-state index contributed by atoms with van der Waals surface area (Å²) in [6, 6.07) is 33.3. The lowest BCUT2D eigenvalue weighted by Gasteiger charge is -2.15. The monoisotopic (exact) mass is 716 g/mol. The normalized spacial score (nSPS) is 14.6. The molecule has 1 aliphatic rings. The highest BCUT2D eigenvalue weighted by Gasteiger charge is 2.40. The van der Waals surface area contributed by atoms with Crippen LogP contribution < -0.4 is 15.5 Å². The molecule has 1 saturated heterocycles. The molecule has 6 aromatic rings. The predicted octanol–water partition coefficient (Wildman–Crippen LogP) is 8.12. The van der Waals surface area contributed by atoms with Crippen molar-refractivity contribution in [3.05, 3.63) is 149 Å². The smallest absolute Gasteiger partial charge is 0.272 e. The van der Waals surface area contributed by atoms with Crippen molar-refractivity contribution in [3.63, 3.8) is 0 Å². The molecule has 51 heavy (non-hydrogen) atoms. The standard InChI is InChI=1S/C39H26ClFN4O5S/c40-29-9-6-10-30(41)28(29)21-32(43-36(47)23-7-2-1-3-8-23)37(48)42-25-15-19-27(20-16-25)51-34-22-35(46)45(39(34)49)26-17-13-24(14-18-26)38-44-31-11-4-5-12-33(31)50-38/h1-21,34H,22H2,(H,42,48)(H,43,47)/b32-21-. The van der Waals surface area contributed by atoms with Gasteiger partial charge in [-0.15, -0.1) is 11.8 Å². The van der Waals surface area contributed by atoms with Gasteiger partial charge in [-0.25, -0.2) is 14.3 Å². The number of imide groups is 1. The molecule has 252 valence electrons. The third-order valence-corrected chi connectivity index (χ3v) is 9.51. The lowest BCUT2D eigenvalue weighted by molar-refractivity contribution is -0.121. The Hall–Kier alpha value is -6.04. The van der Waals surface area contributed by atoms with Crippen LogP contribution in [0.3, 0.4) is 0 Å². The minimum Gasteiger partial charge on any atom is -0.436 e. The maximum Gasteiger partial charge on any atom is 0.272 e. The van der Waals surface area contributed by atoms with Gasteiger partial charge in [0.2, 0.25) is 17.7 Å². The lowest BCUT2D eigenvalue weighted by Crippen LogP contribution is -2.31. The fourth-order valence-electron chi connectivity index (χ4n) is 5.43. The minimum atomic E-state index is -0.715. The van der Waals surface area contributed by atoms with Gasteiger partial charge >= 0.3 is 0 Å². The number of hydrogen-bond donors (Lipinski definition) is 2. The van der Waals surface area contributed by atoms with Gasteiger partial charge in [0.1, 0.15) is 17.0 Å². The number of thioether (sulfide) groups is 1. The molecule has 4 amide bonds. The van der Waals surface area contributed by atoms with Crippen LogP contribution in [0.1, 0.15) is 22.3 Å². The Morgan fingerprint density at radius 2 is 1.61 bits per heavy atom. The fraction of sp³-hybridized carbons (Fsp3) is 0.0513. The summed E-state index contributed by atoms with van der Waals surface area (Å²) in [5.74, 6) is -2.17. The molecule has 1 unspecified atom stereocenters. The van der Waals surface area contributed by atoms with E-state index in [9.17, 15) is 23.6 Å². The van der Waals surface area contributed by atoms with Crippen LogP contribution in [0.25, 0.3) is 28.6 Å². The van der Waals surface area contributed by atoms with E-state index in [1.54, 1.807) is 78.9 Å². The average Bonchev–Trinajstić information content (AvgIpc) is 3.70. The number of hydrogen-bond acceptors (Lipinski definition) is 7. The second kappa shape index (κ2) is 14.4. The second-order valence-corrected chi connectivity index (χ2v) is 13.1. The number of nitrogens with zero attached hydrogens (tertiary/aromatic N) is 2. The van der Waals surface area contributed by atoms with Crippen molar-refractivity contribution in [1.29, 1.82) is 0 Å². The van der Waals surface area contributed by atoms with E-state index in [1.165, 1.54) is 40.9 Å². The number of aromatic nitrogens is 1. The molecule has 1 aromatic heterocycles. The average molecular weight is 717 g/mol. The van der Waals surface area contributed by atoms with Gasteiger partial charge in [-0.2, -0.15) is 0 Å².